The van der Waals surface area contributed by atoms with Gasteiger partial charge in [-0.15, -0.1) is 0 Å². The second kappa shape index (κ2) is 9.29. The number of aryl methyl sites for hydroxylation is 1. The molecule has 8 nitrogen and oxygen atoms in total. The molecular formula is C18H26N2O6S. The number of nitrogens with zero attached hydrogens (tertiary/aromatic N) is 1. The average Bonchev–Trinajstić information content (AvgIpc) is 2.64. The summed E-state index contributed by atoms with van der Waals surface area (Å²) in [7, 11) is -3.68. The van der Waals surface area contributed by atoms with Crippen LogP contribution in [-0.2, 0) is 29.1 Å². The zero-order valence-corrected chi connectivity index (χ0v) is 16.7. The maximum absolute atomic E-state index is 12.9. The Morgan fingerprint density at radius 1 is 1.30 bits per heavy atom. The normalized spacial score (nSPS) is 16.6. The summed E-state index contributed by atoms with van der Waals surface area (Å²) in [6.45, 7) is 6.32. The van der Waals surface area contributed by atoms with Gasteiger partial charge in [0.15, 0.2) is 6.10 Å². The zero-order valence-electron chi connectivity index (χ0n) is 15.9. The first kappa shape index (κ1) is 21.3. The van der Waals surface area contributed by atoms with Gasteiger partial charge in [0.1, 0.15) is 0 Å². The Balaban J connectivity index is 2.14. The number of ether oxygens (including phenoxy) is 2. The minimum Gasteiger partial charge on any atom is -0.453 e. The van der Waals surface area contributed by atoms with Crippen LogP contribution in [-0.4, -0.2) is 57.0 Å². The minimum absolute atomic E-state index is 0.137. The van der Waals surface area contributed by atoms with Crippen molar-refractivity contribution in [3.05, 3.63) is 23.8 Å². The van der Waals surface area contributed by atoms with Gasteiger partial charge in [0.25, 0.3) is 5.91 Å². The second-order valence-electron chi connectivity index (χ2n) is 6.37. The average molecular weight is 398 g/mol. The van der Waals surface area contributed by atoms with Crippen LogP contribution in [0.25, 0.3) is 0 Å². The van der Waals surface area contributed by atoms with Crippen LogP contribution in [0, 0.1) is 6.92 Å². The maximum Gasteiger partial charge on any atom is 0.306 e. The van der Waals surface area contributed by atoms with Crippen molar-refractivity contribution in [2.24, 2.45) is 0 Å². The Kier molecular flexibility index (Phi) is 7.34. The first-order valence-electron chi connectivity index (χ1n) is 8.94. The number of nitrogens with one attached hydrogen (secondary N) is 1. The van der Waals surface area contributed by atoms with E-state index in [1.807, 2.05) is 6.92 Å². The SMILES string of the molecule is CCCC(=O)O[C@@H](C)C(=O)Nc1ccc(C)c(S(=O)(=O)N2CCOCC2)c1. The van der Waals surface area contributed by atoms with Gasteiger partial charge in [-0.25, -0.2) is 8.42 Å². The number of carbonyl (C=O) groups excluding carboxylic acids is 2. The lowest BCUT2D eigenvalue weighted by Crippen LogP contribution is -2.40. The number of morpholine rings is 1. The molecule has 0 aromatic heterocycles. The number of rotatable bonds is 7. The maximum atomic E-state index is 12.9. The standard InChI is InChI=1S/C18H26N2O6S/c1-4-5-17(21)26-14(3)18(22)19-15-7-6-13(2)16(12-15)27(23,24)20-8-10-25-11-9-20/h6-7,12,14H,4-5,8-11H2,1-3H3,(H,19,22)/t14-/m0/s1. The number of amides is 1. The van der Waals surface area contributed by atoms with Crippen molar-refractivity contribution in [3.63, 3.8) is 0 Å². The zero-order chi connectivity index (χ0) is 20.0. The van der Waals surface area contributed by atoms with Crippen LogP contribution in [0.2, 0.25) is 0 Å². The number of esters is 1. The number of benzene rings is 1. The van der Waals surface area contributed by atoms with Crippen LogP contribution in [0.4, 0.5) is 5.69 Å². The molecule has 1 heterocycles. The fourth-order valence-corrected chi connectivity index (χ4v) is 4.30. The highest BCUT2D eigenvalue weighted by Gasteiger charge is 2.28. The molecule has 0 spiro atoms. The van der Waals surface area contributed by atoms with E-state index in [0.29, 0.717) is 44.0 Å². The molecule has 150 valence electrons. The van der Waals surface area contributed by atoms with Crippen LogP contribution in [0.5, 0.6) is 0 Å². The summed E-state index contributed by atoms with van der Waals surface area (Å²) < 4.78 is 37.4. The number of sulfonamides is 1. The Bertz CT molecular complexity index is 787. The second-order valence-corrected chi connectivity index (χ2v) is 8.27. The summed E-state index contributed by atoms with van der Waals surface area (Å²) in [5, 5.41) is 2.61. The van der Waals surface area contributed by atoms with Crippen molar-refractivity contribution in [1.82, 2.24) is 4.31 Å². The lowest BCUT2D eigenvalue weighted by atomic mass is 10.2. The Morgan fingerprint density at radius 2 is 1.96 bits per heavy atom. The summed E-state index contributed by atoms with van der Waals surface area (Å²) in [6, 6.07) is 4.68. The lowest BCUT2D eigenvalue weighted by molar-refractivity contribution is -0.153. The molecule has 1 aromatic carbocycles. The quantitative estimate of drug-likeness (QED) is 0.701. The minimum atomic E-state index is -3.68. The highest BCUT2D eigenvalue weighted by atomic mass is 32.2. The fraction of sp³-hybridized carbons (Fsp3) is 0.556. The number of anilines is 1. The van der Waals surface area contributed by atoms with Crippen LogP contribution < -0.4 is 5.32 Å². The topological polar surface area (TPSA) is 102 Å². The molecule has 1 atom stereocenters. The summed E-state index contributed by atoms with van der Waals surface area (Å²) >= 11 is 0. The van der Waals surface area contributed by atoms with E-state index in [1.165, 1.54) is 17.3 Å². The van der Waals surface area contributed by atoms with Crippen LogP contribution in [0.15, 0.2) is 23.1 Å². The van der Waals surface area contributed by atoms with Gasteiger partial charge in [0.2, 0.25) is 10.0 Å². The van der Waals surface area contributed by atoms with E-state index in [1.54, 1.807) is 19.1 Å². The molecule has 2 rings (SSSR count). The number of carbonyl (C=O) groups is 2. The third kappa shape index (κ3) is 5.50. The molecule has 0 unspecified atom stereocenters. The van der Waals surface area contributed by atoms with Gasteiger partial charge in [-0.05, 0) is 38.0 Å². The molecule has 9 heteroatoms. The lowest BCUT2D eigenvalue weighted by Gasteiger charge is -2.27. The molecule has 0 saturated carbocycles. The molecule has 0 aliphatic carbocycles. The van der Waals surface area contributed by atoms with Crippen molar-refractivity contribution in [1.29, 1.82) is 0 Å². The van der Waals surface area contributed by atoms with Crippen molar-refractivity contribution >= 4 is 27.6 Å². The molecule has 1 aliphatic heterocycles. The van der Waals surface area contributed by atoms with Gasteiger partial charge in [0, 0.05) is 25.2 Å². The Hall–Kier alpha value is -1.97. The first-order valence-corrected chi connectivity index (χ1v) is 10.4. The van der Waals surface area contributed by atoms with E-state index in [4.69, 9.17) is 9.47 Å². The Morgan fingerprint density at radius 3 is 2.59 bits per heavy atom. The summed E-state index contributed by atoms with van der Waals surface area (Å²) in [6.07, 6.45) is -0.0949. The number of hydrogen-bond acceptors (Lipinski definition) is 6. The largest absolute Gasteiger partial charge is 0.453 e. The molecule has 1 N–H and O–H groups in total. The van der Waals surface area contributed by atoms with Gasteiger partial charge in [0.05, 0.1) is 18.1 Å². The third-order valence-electron chi connectivity index (χ3n) is 4.18. The van der Waals surface area contributed by atoms with Gasteiger partial charge < -0.3 is 14.8 Å². The molecule has 1 saturated heterocycles. The molecule has 0 bridgehead atoms. The molecule has 1 fully saturated rings. The van der Waals surface area contributed by atoms with Crippen LogP contribution >= 0.6 is 0 Å². The molecular weight excluding hydrogens is 372 g/mol. The van der Waals surface area contributed by atoms with Gasteiger partial charge >= 0.3 is 5.97 Å². The predicted octanol–water partition coefficient (Wildman–Crippen LogP) is 1.69. The van der Waals surface area contributed by atoms with E-state index in [0.717, 1.165) is 0 Å². The van der Waals surface area contributed by atoms with E-state index in [2.05, 4.69) is 5.32 Å². The van der Waals surface area contributed by atoms with Crippen LogP contribution in [0.3, 0.4) is 0 Å². The van der Waals surface area contributed by atoms with E-state index in [9.17, 15) is 18.0 Å². The summed E-state index contributed by atoms with van der Waals surface area (Å²) in [5.41, 5.74) is 0.915. The molecule has 1 aliphatic rings. The van der Waals surface area contributed by atoms with Crippen molar-refractivity contribution in [2.75, 3.05) is 31.6 Å². The fourth-order valence-electron chi connectivity index (χ4n) is 2.64. The summed E-state index contributed by atoms with van der Waals surface area (Å²) in [4.78, 5) is 23.9. The summed E-state index contributed by atoms with van der Waals surface area (Å²) in [5.74, 6) is -0.960. The van der Waals surface area contributed by atoms with Gasteiger partial charge in [-0.3, -0.25) is 9.59 Å². The third-order valence-corrected chi connectivity index (χ3v) is 6.22. The molecule has 27 heavy (non-hydrogen) atoms. The molecule has 0 radical (unpaired) electrons. The first-order chi connectivity index (χ1) is 12.8. The number of hydrogen-bond donors (Lipinski definition) is 1. The van der Waals surface area contributed by atoms with E-state index in [-0.39, 0.29) is 11.3 Å². The van der Waals surface area contributed by atoms with Gasteiger partial charge in [-0.1, -0.05) is 13.0 Å². The van der Waals surface area contributed by atoms with E-state index >= 15 is 0 Å². The monoisotopic (exact) mass is 398 g/mol. The van der Waals surface area contributed by atoms with Crippen molar-refractivity contribution in [2.45, 2.75) is 44.6 Å². The highest BCUT2D eigenvalue weighted by Crippen LogP contribution is 2.24. The van der Waals surface area contributed by atoms with Crippen LogP contribution in [0.1, 0.15) is 32.3 Å². The highest BCUT2D eigenvalue weighted by molar-refractivity contribution is 7.89. The molecule has 1 amide bonds. The smallest absolute Gasteiger partial charge is 0.306 e. The molecule has 1 aromatic rings. The predicted molar refractivity (Wildman–Crippen MR) is 99.8 cm³/mol. The Labute approximate surface area is 159 Å². The van der Waals surface area contributed by atoms with Crippen molar-refractivity contribution in [3.8, 4) is 0 Å². The van der Waals surface area contributed by atoms with Crippen molar-refractivity contribution < 1.29 is 27.5 Å². The van der Waals surface area contributed by atoms with Gasteiger partial charge in [-0.2, -0.15) is 4.31 Å². The van der Waals surface area contributed by atoms with E-state index < -0.39 is 28.0 Å².